The molecule has 0 aliphatic carbocycles. The molecule has 0 spiro atoms. The highest BCUT2D eigenvalue weighted by Crippen LogP contribution is 2.32. The van der Waals surface area contributed by atoms with Crippen molar-refractivity contribution in [3.05, 3.63) is 24.0 Å². The molecule has 1 aromatic carbocycles. The molecule has 0 saturated carbocycles. The minimum Gasteiger partial charge on any atom is -0.368 e. The van der Waals surface area contributed by atoms with E-state index in [1.807, 2.05) is 4.90 Å². The molecule has 2 heterocycles. The molecular formula is C13H17FN2O2S. The Morgan fingerprint density at radius 2 is 1.89 bits per heavy atom. The number of halogens is 1. The van der Waals surface area contributed by atoms with E-state index in [-0.39, 0.29) is 4.90 Å². The van der Waals surface area contributed by atoms with Gasteiger partial charge >= 0.3 is 0 Å². The molecular weight excluding hydrogens is 267 g/mol. The summed E-state index contributed by atoms with van der Waals surface area (Å²) in [6.45, 7) is 3.66. The first-order chi connectivity index (χ1) is 8.95. The maximum atomic E-state index is 14.1. The van der Waals surface area contributed by atoms with Crippen molar-refractivity contribution in [2.75, 3.05) is 37.3 Å². The van der Waals surface area contributed by atoms with Crippen LogP contribution in [0.25, 0.3) is 0 Å². The number of benzene rings is 1. The first-order valence-corrected chi connectivity index (χ1v) is 8.29. The Bertz CT molecular complexity index is 591. The topological polar surface area (TPSA) is 49.4 Å². The van der Waals surface area contributed by atoms with Crippen molar-refractivity contribution in [3.8, 4) is 0 Å². The molecule has 1 aromatic rings. The zero-order chi connectivity index (χ0) is 13.6. The molecule has 0 unspecified atom stereocenters. The van der Waals surface area contributed by atoms with Gasteiger partial charge in [-0.15, -0.1) is 0 Å². The summed E-state index contributed by atoms with van der Waals surface area (Å²) in [6.07, 6.45) is 1.09. The third-order valence-corrected chi connectivity index (χ3v) is 5.19. The molecule has 2 saturated heterocycles. The van der Waals surface area contributed by atoms with Crippen LogP contribution in [0, 0.1) is 17.7 Å². The van der Waals surface area contributed by atoms with Crippen LogP contribution < -0.4 is 10.2 Å². The summed E-state index contributed by atoms with van der Waals surface area (Å²) in [5, 5.41) is 3.34. The molecule has 0 aromatic heterocycles. The summed E-state index contributed by atoms with van der Waals surface area (Å²) in [5.41, 5.74) is 0.516. The van der Waals surface area contributed by atoms with Crippen LogP contribution in [0.4, 0.5) is 10.1 Å². The van der Waals surface area contributed by atoms with Gasteiger partial charge in [-0.25, -0.2) is 12.8 Å². The molecule has 2 aliphatic heterocycles. The van der Waals surface area contributed by atoms with Crippen LogP contribution in [0.1, 0.15) is 0 Å². The third kappa shape index (κ3) is 2.34. The largest absolute Gasteiger partial charge is 0.368 e. The van der Waals surface area contributed by atoms with Crippen LogP contribution in [0.15, 0.2) is 23.1 Å². The second kappa shape index (κ2) is 4.45. The average molecular weight is 284 g/mol. The van der Waals surface area contributed by atoms with Gasteiger partial charge in [-0.1, -0.05) is 0 Å². The van der Waals surface area contributed by atoms with Crippen LogP contribution in [0.3, 0.4) is 0 Å². The van der Waals surface area contributed by atoms with Gasteiger partial charge in [-0.3, -0.25) is 0 Å². The van der Waals surface area contributed by atoms with Crippen molar-refractivity contribution >= 4 is 15.5 Å². The lowest BCUT2D eigenvalue weighted by atomic mass is 10.0. The van der Waals surface area contributed by atoms with E-state index < -0.39 is 15.7 Å². The number of sulfone groups is 1. The standard InChI is InChI=1S/C13H17FN2O2S/c1-19(17,18)11-2-3-13(12(14)4-11)16-7-9-5-15-6-10(9)8-16/h2-4,9-10,15H,5-8H2,1H3/t9-,10+. The summed E-state index contributed by atoms with van der Waals surface area (Å²) < 4.78 is 36.9. The summed E-state index contributed by atoms with van der Waals surface area (Å²) in [4.78, 5) is 2.06. The molecule has 0 amide bonds. The Balaban J connectivity index is 1.86. The molecule has 1 N–H and O–H groups in total. The van der Waals surface area contributed by atoms with E-state index >= 15 is 0 Å². The summed E-state index contributed by atoms with van der Waals surface area (Å²) in [6, 6.07) is 4.19. The van der Waals surface area contributed by atoms with Gasteiger partial charge in [0.2, 0.25) is 0 Å². The van der Waals surface area contributed by atoms with Gasteiger partial charge in [-0.2, -0.15) is 0 Å². The summed E-state index contributed by atoms with van der Waals surface area (Å²) in [7, 11) is -3.35. The second-order valence-electron chi connectivity index (χ2n) is 5.47. The molecule has 0 radical (unpaired) electrons. The van der Waals surface area contributed by atoms with E-state index in [0.29, 0.717) is 17.5 Å². The smallest absolute Gasteiger partial charge is 0.175 e. The number of hydrogen-bond acceptors (Lipinski definition) is 4. The van der Waals surface area contributed by atoms with Crippen LogP contribution in [-0.2, 0) is 9.84 Å². The zero-order valence-electron chi connectivity index (χ0n) is 10.8. The molecule has 6 heteroatoms. The van der Waals surface area contributed by atoms with E-state index in [1.165, 1.54) is 6.07 Å². The molecule has 0 bridgehead atoms. The summed E-state index contributed by atoms with van der Waals surface area (Å²) in [5.74, 6) is 0.707. The van der Waals surface area contributed by atoms with Gasteiger partial charge < -0.3 is 10.2 Å². The average Bonchev–Trinajstić information content (AvgIpc) is 2.87. The van der Waals surface area contributed by atoms with Gasteiger partial charge in [-0.05, 0) is 30.0 Å². The lowest BCUT2D eigenvalue weighted by Crippen LogP contribution is -2.26. The van der Waals surface area contributed by atoms with Crippen LogP contribution in [0.5, 0.6) is 0 Å². The fourth-order valence-corrected chi connectivity index (χ4v) is 3.66. The van der Waals surface area contributed by atoms with Crippen molar-refractivity contribution < 1.29 is 12.8 Å². The van der Waals surface area contributed by atoms with Crippen molar-refractivity contribution in [3.63, 3.8) is 0 Å². The fraction of sp³-hybridized carbons (Fsp3) is 0.538. The Hall–Kier alpha value is -1.14. The first kappa shape index (κ1) is 12.9. The molecule has 2 fully saturated rings. The number of nitrogens with zero attached hydrogens (tertiary/aromatic N) is 1. The number of fused-ring (bicyclic) bond motifs is 1. The zero-order valence-corrected chi connectivity index (χ0v) is 11.6. The number of rotatable bonds is 2. The minimum absolute atomic E-state index is 0.0369. The fourth-order valence-electron chi connectivity index (χ4n) is 3.03. The van der Waals surface area contributed by atoms with E-state index in [4.69, 9.17) is 0 Å². The monoisotopic (exact) mass is 284 g/mol. The molecule has 4 nitrogen and oxygen atoms in total. The van der Waals surface area contributed by atoms with Gasteiger partial charge in [0, 0.05) is 32.4 Å². The maximum absolute atomic E-state index is 14.1. The highest BCUT2D eigenvalue weighted by atomic mass is 32.2. The van der Waals surface area contributed by atoms with Crippen molar-refractivity contribution in [2.24, 2.45) is 11.8 Å². The predicted octanol–water partition coefficient (Wildman–Crippen LogP) is 0.885. The van der Waals surface area contributed by atoms with Crippen LogP contribution in [0.2, 0.25) is 0 Å². The number of hydrogen-bond donors (Lipinski definition) is 1. The lowest BCUT2D eigenvalue weighted by Gasteiger charge is -2.20. The molecule has 2 aliphatic rings. The highest BCUT2D eigenvalue weighted by molar-refractivity contribution is 7.90. The normalized spacial score (nSPS) is 26.7. The molecule has 3 rings (SSSR count). The Labute approximate surface area is 112 Å². The lowest BCUT2D eigenvalue weighted by molar-refractivity contribution is 0.533. The minimum atomic E-state index is -3.35. The van der Waals surface area contributed by atoms with Crippen molar-refractivity contribution in [2.45, 2.75) is 4.90 Å². The third-order valence-electron chi connectivity index (χ3n) is 4.08. The van der Waals surface area contributed by atoms with E-state index in [9.17, 15) is 12.8 Å². The highest BCUT2D eigenvalue weighted by Gasteiger charge is 2.36. The number of anilines is 1. The van der Waals surface area contributed by atoms with Crippen molar-refractivity contribution in [1.82, 2.24) is 5.32 Å². The van der Waals surface area contributed by atoms with Crippen molar-refractivity contribution in [1.29, 1.82) is 0 Å². The Morgan fingerprint density at radius 1 is 1.26 bits per heavy atom. The van der Waals surface area contributed by atoms with Gasteiger partial charge in [0.1, 0.15) is 5.82 Å². The van der Waals surface area contributed by atoms with Gasteiger partial charge in [0.15, 0.2) is 9.84 Å². The van der Waals surface area contributed by atoms with E-state index in [2.05, 4.69) is 5.32 Å². The first-order valence-electron chi connectivity index (χ1n) is 6.40. The Kier molecular flexibility index (Phi) is 3.02. The van der Waals surface area contributed by atoms with E-state index in [1.54, 1.807) is 6.07 Å². The Morgan fingerprint density at radius 3 is 2.42 bits per heavy atom. The molecule has 104 valence electrons. The number of nitrogens with one attached hydrogen (secondary N) is 1. The maximum Gasteiger partial charge on any atom is 0.175 e. The second-order valence-corrected chi connectivity index (χ2v) is 7.48. The van der Waals surface area contributed by atoms with Crippen LogP contribution in [-0.4, -0.2) is 40.9 Å². The van der Waals surface area contributed by atoms with E-state index in [0.717, 1.165) is 38.5 Å². The van der Waals surface area contributed by atoms with Gasteiger partial charge in [0.05, 0.1) is 10.6 Å². The quantitative estimate of drug-likeness (QED) is 0.876. The SMILES string of the molecule is CS(=O)(=O)c1ccc(N2C[C@H]3CNC[C@H]3C2)c(F)c1. The molecule has 19 heavy (non-hydrogen) atoms. The molecule has 2 atom stereocenters. The van der Waals surface area contributed by atoms with Gasteiger partial charge in [0.25, 0.3) is 0 Å². The van der Waals surface area contributed by atoms with Crippen LogP contribution >= 0.6 is 0 Å². The summed E-state index contributed by atoms with van der Waals surface area (Å²) >= 11 is 0. The predicted molar refractivity (Wildman–Crippen MR) is 71.6 cm³/mol.